The molecular formula is C13H17NO3. The van der Waals surface area contributed by atoms with E-state index >= 15 is 0 Å². The van der Waals surface area contributed by atoms with Crippen LogP contribution < -0.4 is 5.32 Å². The van der Waals surface area contributed by atoms with E-state index in [9.17, 15) is 9.59 Å². The summed E-state index contributed by atoms with van der Waals surface area (Å²) in [6.45, 7) is 5.23. The standard InChI is InChI=1S/C13H17NO3/c1-13(2,3)12(17)14-10(11(15)16)9-7-5-4-6-8-9/h4-8,10H,1-3H3,(H,14,17)(H,15,16)/t10-/m0/s1. The zero-order chi connectivity index (χ0) is 13.1. The molecule has 92 valence electrons. The van der Waals surface area contributed by atoms with Crippen molar-refractivity contribution >= 4 is 11.9 Å². The lowest BCUT2D eigenvalue weighted by atomic mass is 9.94. The highest BCUT2D eigenvalue weighted by Crippen LogP contribution is 2.18. The van der Waals surface area contributed by atoms with Crippen molar-refractivity contribution in [2.45, 2.75) is 26.8 Å². The molecule has 0 spiro atoms. The van der Waals surface area contributed by atoms with Crippen molar-refractivity contribution in [1.29, 1.82) is 0 Å². The molecule has 0 unspecified atom stereocenters. The quantitative estimate of drug-likeness (QED) is 0.841. The molecule has 0 aliphatic heterocycles. The number of aliphatic carboxylic acids is 1. The van der Waals surface area contributed by atoms with Crippen molar-refractivity contribution in [3.63, 3.8) is 0 Å². The van der Waals surface area contributed by atoms with Crippen LogP contribution in [-0.2, 0) is 9.59 Å². The van der Waals surface area contributed by atoms with E-state index in [2.05, 4.69) is 5.32 Å². The third-order valence-corrected chi connectivity index (χ3v) is 2.34. The molecule has 4 nitrogen and oxygen atoms in total. The Balaban J connectivity index is 2.90. The lowest BCUT2D eigenvalue weighted by Gasteiger charge is -2.22. The number of rotatable bonds is 3. The Hall–Kier alpha value is -1.84. The summed E-state index contributed by atoms with van der Waals surface area (Å²) in [7, 11) is 0. The molecule has 0 saturated heterocycles. The Bertz CT molecular complexity index is 406. The first-order valence-electron chi connectivity index (χ1n) is 5.41. The molecular weight excluding hydrogens is 218 g/mol. The van der Waals surface area contributed by atoms with Crippen molar-refractivity contribution in [3.05, 3.63) is 35.9 Å². The van der Waals surface area contributed by atoms with E-state index in [1.165, 1.54) is 0 Å². The van der Waals surface area contributed by atoms with Crippen LogP contribution in [0.4, 0.5) is 0 Å². The minimum Gasteiger partial charge on any atom is -0.479 e. The van der Waals surface area contributed by atoms with Gasteiger partial charge in [0.2, 0.25) is 5.91 Å². The fourth-order valence-corrected chi connectivity index (χ4v) is 1.28. The normalized spacial score (nSPS) is 12.9. The Morgan fingerprint density at radius 3 is 2.12 bits per heavy atom. The van der Waals surface area contributed by atoms with Crippen molar-refractivity contribution in [1.82, 2.24) is 5.32 Å². The predicted molar refractivity (Wildman–Crippen MR) is 64.4 cm³/mol. The Morgan fingerprint density at radius 1 is 1.18 bits per heavy atom. The van der Waals surface area contributed by atoms with Gasteiger partial charge in [0.05, 0.1) is 0 Å². The van der Waals surface area contributed by atoms with E-state index in [-0.39, 0.29) is 5.91 Å². The van der Waals surface area contributed by atoms with Crippen LogP contribution in [0.2, 0.25) is 0 Å². The molecule has 0 bridgehead atoms. The Kier molecular flexibility index (Phi) is 3.89. The van der Waals surface area contributed by atoms with Crippen LogP contribution in [0.15, 0.2) is 30.3 Å². The van der Waals surface area contributed by atoms with Crippen molar-refractivity contribution in [2.24, 2.45) is 5.41 Å². The maximum Gasteiger partial charge on any atom is 0.330 e. The number of hydrogen-bond donors (Lipinski definition) is 2. The van der Waals surface area contributed by atoms with E-state index in [1.807, 2.05) is 0 Å². The minimum absolute atomic E-state index is 0.284. The number of benzene rings is 1. The highest BCUT2D eigenvalue weighted by atomic mass is 16.4. The van der Waals surface area contributed by atoms with Gasteiger partial charge in [-0.3, -0.25) is 4.79 Å². The van der Waals surface area contributed by atoms with Crippen molar-refractivity contribution < 1.29 is 14.7 Å². The molecule has 17 heavy (non-hydrogen) atoms. The summed E-state index contributed by atoms with van der Waals surface area (Å²) in [4.78, 5) is 22.9. The van der Waals surface area contributed by atoms with Gasteiger partial charge in [0, 0.05) is 5.41 Å². The van der Waals surface area contributed by atoms with Crippen molar-refractivity contribution in [3.8, 4) is 0 Å². The SMILES string of the molecule is CC(C)(C)C(=O)N[C@H](C(=O)O)c1ccccc1. The molecule has 1 aromatic carbocycles. The summed E-state index contributed by atoms with van der Waals surface area (Å²) in [6.07, 6.45) is 0. The zero-order valence-corrected chi connectivity index (χ0v) is 10.2. The smallest absolute Gasteiger partial charge is 0.330 e. The van der Waals surface area contributed by atoms with Crippen LogP contribution in [0.5, 0.6) is 0 Å². The number of amides is 1. The summed E-state index contributed by atoms with van der Waals surface area (Å²) < 4.78 is 0. The highest BCUT2D eigenvalue weighted by molar-refractivity contribution is 5.87. The van der Waals surface area contributed by atoms with Gasteiger partial charge in [0.1, 0.15) is 0 Å². The van der Waals surface area contributed by atoms with Gasteiger partial charge in [-0.1, -0.05) is 51.1 Å². The summed E-state index contributed by atoms with van der Waals surface area (Å²) in [5.41, 5.74) is -0.0414. The number of carbonyl (C=O) groups excluding carboxylic acids is 1. The highest BCUT2D eigenvalue weighted by Gasteiger charge is 2.28. The van der Waals surface area contributed by atoms with E-state index in [0.29, 0.717) is 5.56 Å². The molecule has 0 fully saturated rings. The topological polar surface area (TPSA) is 66.4 Å². The minimum atomic E-state index is -1.06. The van der Waals surface area contributed by atoms with Gasteiger partial charge in [-0.05, 0) is 5.56 Å². The van der Waals surface area contributed by atoms with Gasteiger partial charge in [0.15, 0.2) is 6.04 Å². The molecule has 1 aromatic rings. The molecule has 1 atom stereocenters. The third-order valence-electron chi connectivity index (χ3n) is 2.34. The maximum atomic E-state index is 11.8. The van der Waals surface area contributed by atoms with Crippen LogP contribution >= 0.6 is 0 Å². The maximum absolute atomic E-state index is 11.8. The number of carboxylic acids is 1. The molecule has 1 amide bonds. The van der Waals surface area contributed by atoms with Crippen LogP contribution in [0.1, 0.15) is 32.4 Å². The fourth-order valence-electron chi connectivity index (χ4n) is 1.28. The van der Waals surface area contributed by atoms with Crippen molar-refractivity contribution in [2.75, 3.05) is 0 Å². The summed E-state index contributed by atoms with van der Waals surface area (Å²) in [5, 5.41) is 11.7. The molecule has 0 radical (unpaired) electrons. The lowest BCUT2D eigenvalue weighted by Crippen LogP contribution is -2.40. The summed E-state index contributed by atoms with van der Waals surface area (Å²) in [6, 6.07) is 7.66. The Morgan fingerprint density at radius 2 is 1.71 bits per heavy atom. The second-order valence-electron chi connectivity index (χ2n) is 4.91. The second kappa shape index (κ2) is 4.99. The summed E-state index contributed by atoms with van der Waals surface area (Å²) in [5.74, 6) is -1.34. The molecule has 1 rings (SSSR count). The van der Waals surface area contributed by atoms with Gasteiger partial charge in [0.25, 0.3) is 0 Å². The van der Waals surface area contributed by atoms with Crippen LogP contribution in [-0.4, -0.2) is 17.0 Å². The number of carbonyl (C=O) groups is 2. The lowest BCUT2D eigenvalue weighted by molar-refractivity contribution is -0.143. The van der Waals surface area contributed by atoms with E-state index in [1.54, 1.807) is 51.1 Å². The molecule has 0 heterocycles. The average Bonchev–Trinajstić information content (AvgIpc) is 2.25. The third kappa shape index (κ3) is 3.59. The Labute approximate surface area is 101 Å². The van der Waals surface area contributed by atoms with Gasteiger partial charge >= 0.3 is 5.97 Å². The largest absolute Gasteiger partial charge is 0.479 e. The first-order chi connectivity index (χ1) is 7.82. The molecule has 2 N–H and O–H groups in total. The first kappa shape index (κ1) is 13.2. The number of hydrogen-bond acceptors (Lipinski definition) is 2. The van der Waals surface area contributed by atoms with Crippen LogP contribution in [0.25, 0.3) is 0 Å². The predicted octanol–water partition coefficient (Wildman–Crippen LogP) is 1.97. The van der Waals surface area contributed by atoms with Gasteiger partial charge < -0.3 is 10.4 Å². The first-order valence-corrected chi connectivity index (χ1v) is 5.41. The second-order valence-corrected chi connectivity index (χ2v) is 4.91. The molecule has 0 aliphatic carbocycles. The molecule has 0 saturated carbocycles. The molecule has 4 heteroatoms. The molecule has 0 aliphatic rings. The van der Waals surface area contributed by atoms with Gasteiger partial charge in [-0.2, -0.15) is 0 Å². The average molecular weight is 235 g/mol. The van der Waals surface area contributed by atoms with Gasteiger partial charge in [-0.15, -0.1) is 0 Å². The number of nitrogens with one attached hydrogen (secondary N) is 1. The van der Waals surface area contributed by atoms with E-state index < -0.39 is 17.4 Å². The van der Waals surface area contributed by atoms with Crippen LogP contribution in [0.3, 0.4) is 0 Å². The summed E-state index contributed by atoms with van der Waals surface area (Å²) >= 11 is 0. The van der Waals surface area contributed by atoms with E-state index in [4.69, 9.17) is 5.11 Å². The molecule has 0 aromatic heterocycles. The van der Waals surface area contributed by atoms with E-state index in [0.717, 1.165) is 0 Å². The number of carboxylic acid groups (broad SMARTS) is 1. The van der Waals surface area contributed by atoms with Crippen LogP contribution in [0, 0.1) is 5.41 Å². The zero-order valence-electron chi connectivity index (χ0n) is 10.2. The fraction of sp³-hybridized carbons (Fsp3) is 0.385. The van der Waals surface area contributed by atoms with Gasteiger partial charge in [-0.25, -0.2) is 4.79 Å². The monoisotopic (exact) mass is 235 g/mol.